The van der Waals surface area contributed by atoms with Crippen molar-refractivity contribution in [2.24, 2.45) is 5.10 Å². The Morgan fingerprint density at radius 2 is 1.88 bits per heavy atom. The van der Waals surface area contributed by atoms with Gasteiger partial charge in [0.25, 0.3) is 0 Å². The summed E-state index contributed by atoms with van der Waals surface area (Å²) in [4.78, 5) is 29.3. The molecule has 5 rings (SSSR count). The van der Waals surface area contributed by atoms with Gasteiger partial charge in [-0.3, -0.25) is 14.7 Å². The van der Waals surface area contributed by atoms with E-state index in [0.29, 0.717) is 24.0 Å². The van der Waals surface area contributed by atoms with Gasteiger partial charge in [0.05, 0.1) is 18.3 Å². The van der Waals surface area contributed by atoms with Crippen molar-refractivity contribution in [1.82, 2.24) is 35.0 Å². The smallest absolute Gasteiger partial charge is 0.324 e. The normalized spacial score (nSPS) is 17.0. The Bertz CT molecular complexity index is 1410. The molecule has 2 aromatic carbocycles. The molecule has 0 radical (unpaired) electrons. The number of β-amino-alcohol motifs (C(OH)–C–C–N with tert-alkyl or cyclic N) is 1. The monoisotopic (exact) mass is 635 g/mol. The minimum Gasteiger partial charge on any atom is -0.444 e. The molecule has 218 valence electrons. The predicted octanol–water partition coefficient (Wildman–Crippen LogP) is 2.08. The first-order chi connectivity index (χ1) is 19.2. The standard InChI is InChI=1S/C25H27F2N9O4.BrH/c1-17(34-9-10-35(24(34)38)20-4-6-21(7-5-20)36-13-28-30-31-36)25(39,22-8-3-19(26)11-23(22)27)12-33-15-32(14-29-33)16-40-18(2)37;/h3-8,11,13-14,17,39H,9-10,12,15-16H2,1-2H3;1H/t17-,25-;/m1./s1. The summed E-state index contributed by atoms with van der Waals surface area (Å²) in [5.74, 6) is -2.21. The Labute approximate surface area is 244 Å². The van der Waals surface area contributed by atoms with E-state index in [2.05, 4.69) is 20.6 Å². The second-order valence-electron chi connectivity index (χ2n) is 9.51. The summed E-state index contributed by atoms with van der Waals surface area (Å²) in [6, 6.07) is 8.64. The molecule has 0 aliphatic carbocycles. The first kappa shape index (κ1) is 29.8. The number of amides is 2. The van der Waals surface area contributed by atoms with Crippen LogP contribution in [-0.4, -0.2) is 97.5 Å². The van der Waals surface area contributed by atoms with Crippen molar-refractivity contribution in [3.05, 3.63) is 66.0 Å². The number of hydrogen-bond acceptors (Lipinski definition) is 10. The summed E-state index contributed by atoms with van der Waals surface area (Å²) in [5, 5.41) is 28.8. The first-order valence-electron chi connectivity index (χ1n) is 12.4. The zero-order chi connectivity index (χ0) is 28.4. The van der Waals surface area contributed by atoms with Crippen LogP contribution < -0.4 is 4.90 Å². The molecule has 3 heterocycles. The van der Waals surface area contributed by atoms with Gasteiger partial charge in [0.15, 0.2) is 6.73 Å². The Morgan fingerprint density at radius 1 is 1.15 bits per heavy atom. The lowest BCUT2D eigenvalue weighted by Gasteiger charge is -2.41. The number of halogens is 3. The first-order valence-corrected chi connectivity index (χ1v) is 12.4. The van der Waals surface area contributed by atoms with E-state index in [9.17, 15) is 19.1 Å². The van der Waals surface area contributed by atoms with Crippen molar-refractivity contribution in [3.63, 3.8) is 0 Å². The van der Waals surface area contributed by atoms with Crippen molar-refractivity contribution >= 4 is 41.0 Å². The Morgan fingerprint density at radius 3 is 2.54 bits per heavy atom. The number of carbonyl (C=O) groups is 2. The molecule has 0 unspecified atom stereocenters. The molecule has 0 spiro atoms. The molecule has 2 atom stereocenters. The largest absolute Gasteiger partial charge is 0.444 e. The molecule has 1 fully saturated rings. The minimum atomic E-state index is -1.98. The second-order valence-corrected chi connectivity index (χ2v) is 9.51. The van der Waals surface area contributed by atoms with Crippen LogP contribution in [0.2, 0.25) is 0 Å². The number of ether oxygens (including phenoxy) is 1. The van der Waals surface area contributed by atoms with Gasteiger partial charge in [-0.15, -0.1) is 22.1 Å². The van der Waals surface area contributed by atoms with Gasteiger partial charge in [-0.05, 0) is 47.7 Å². The maximum Gasteiger partial charge on any atom is 0.324 e. The number of aliphatic hydroxyl groups is 1. The molecule has 1 N–H and O–H groups in total. The van der Waals surface area contributed by atoms with Crippen LogP contribution >= 0.6 is 17.0 Å². The van der Waals surface area contributed by atoms with Crippen molar-refractivity contribution in [1.29, 1.82) is 0 Å². The van der Waals surface area contributed by atoms with Gasteiger partial charge in [0.1, 0.15) is 36.6 Å². The summed E-state index contributed by atoms with van der Waals surface area (Å²) in [6.45, 7) is 3.32. The molecule has 2 aliphatic rings. The topological polar surface area (TPSA) is 133 Å². The Kier molecular flexibility index (Phi) is 8.82. The fraction of sp³-hybridized carbons (Fsp3) is 0.360. The number of hydrogen-bond donors (Lipinski definition) is 1. The Hall–Kier alpha value is -4.18. The van der Waals surface area contributed by atoms with Crippen LogP contribution in [0, 0.1) is 11.6 Å². The number of rotatable bonds is 9. The third kappa shape index (κ3) is 6.12. The van der Waals surface area contributed by atoms with Gasteiger partial charge in [-0.25, -0.2) is 18.3 Å². The average Bonchev–Trinajstić information content (AvgIpc) is 3.69. The van der Waals surface area contributed by atoms with Crippen LogP contribution in [0.3, 0.4) is 0 Å². The van der Waals surface area contributed by atoms with E-state index in [0.717, 1.165) is 6.07 Å². The van der Waals surface area contributed by atoms with Gasteiger partial charge < -0.3 is 19.6 Å². The quantitative estimate of drug-likeness (QED) is 0.351. The summed E-state index contributed by atoms with van der Waals surface area (Å²) < 4.78 is 35.3. The highest BCUT2D eigenvalue weighted by Crippen LogP contribution is 2.35. The van der Waals surface area contributed by atoms with Crippen LogP contribution in [0.4, 0.5) is 19.3 Å². The molecule has 2 amide bonds. The van der Waals surface area contributed by atoms with E-state index in [4.69, 9.17) is 4.74 Å². The summed E-state index contributed by atoms with van der Waals surface area (Å²) in [6.07, 6.45) is 2.88. The third-order valence-corrected chi connectivity index (χ3v) is 6.95. The van der Waals surface area contributed by atoms with E-state index >= 15 is 4.39 Å². The fourth-order valence-electron chi connectivity index (χ4n) is 4.80. The summed E-state index contributed by atoms with van der Waals surface area (Å²) >= 11 is 0. The van der Waals surface area contributed by atoms with Crippen LogP contribution in [0.25, 0.3) is 5.69 Å². The molecule has 1 aromatic heterocycles. The maximum absolute atomic E-state index is 15.1. The van der Waals surface area contributed by atoms with E-state index in [1.165, 1.54) is 40.2 Å². The second kappa shape index (κ2) is 12.1. The lowest BCUT2D eigenvalue weighted by Crippen LogP contribution is -2.55. The van der Waals surface area contributed by atoms with Crippen LogP contribution in [-0.2, 0) is 15.1 Å². The Balaban J connectivity index is 0.00000387. The highest BCUT2D eigenvalue weighted by molar-refractivity contribution is 8.93. The molecule has 0 bridgehead atoms. The molecule has 1 saturated heterocycles. The van der Waals surface area contributed by atoms with Gasteiger partial charge in [-0.1, -0.05) is 6.07 Å². The maximum atomic E-state index is 15.1. The van der Waals surface area contributed by atoms with Crippen molar-refractivity contribution < 1.29 is 28.2 Å². The number of carbonyl (C=O) groups excluding carboxylic acids is 2. The van der Waals surface area contributed by atoms with Crippen LogP contribution in [0.1, 0.15) is 19.4 Å². The summed E-state index contributed by atoms with van der Waals surface area (Å²) in [5.41, 5.74) is -0.826. The zero-order valence-corrected chi connectivity index (χ0v) is 23.9. The summed E-state index contributed by atoms with van der Waals surface area (Å²) in [7, 11) is 0. The van der Waals surface area contributed by atoms with E-state index in [1.807, 2.05) is 0 Å². The predicted molar refractivity (Wildman–Crippen MR) is 147 cm³/mol. The number of hydrazone groups is 1. The lowest BCUT2D eigenvalue weighted by molar-refractivity contribution is -0.144. The van der Waals surface area contributed by atoms with E-state index in [1.54, 1.807) is 41.0 Å². The SMILES string of the molecule is Br.CC(=O)OCN1C=NN(C[C@](O)(c2ccc(F)cc2F)[C@@H](C)N2CCN(c3ccc(-n4cnnn4)cc3)C2=O)C1. The molecule has 2 aliphatic heterocycles. The molecule has 3 aromatic rings. The minimum absolute atomic E-state index is 0. The molecular weight excluding hydrogens is 608 g/mol. The number of anilines is 1. The van der Waals surface area contributed by atoms with Crippen molar-refractivity contribution in [3.8, 4) is 5.69 Å². The number of tetrazole rings is 1. The molecular formula is C25H28BrF2N9O4. The number of esters is 1. The van der Waals surface area contributed by atoms with E-state index in [-0.39, 0.29) is 55.1 Å². The van der Waals surface area contributed by atoms with Crippen LogP contribution in [0.5, 0.6) is 0 Å². The van der Waals surface area contributed by atoms with Gasteiger partial charge in [0, 0.05) is 37.3 Å². The van der Waals surface area contributed by atoms with Crippen molar-refractivity contribution in [2.45, 2.75) is 25.5 Å². The van der Waals surface area contributed by atoms with Gasteiger partial charge >= 0.3 is 12.0 Å². The fourth-order valence-corrected chi connectivity index (χ4v) is 4.80. The molecule has 16 heteroatoms. The number of nitrogens with zero attached hydrogens (tertiary/aromatic N) is 9. The molecule has 13 nitrogen and oxygen atoms in total. The third-order valence-electron chi connectivity index (χ3n) is 6.95. The highest BCUT2D eigenvalue weighted by Gasteiger charge is 2.47. The number of aromatic nitrogens is 4. The zero-order valence-electron chi connectivity index (χ0n) is 22.2. The average molecular weight is 636 g/mol. The van der Waals surface area contributed by atoms with E-state index < -0.39 is 29.2 Å². The molecule has 41 heavy (non-hydrogen) atoms. The van der Waals surface area contributed by atoms with Gasteiger partial charge in [-0.2, -0.15) is 5.10 Å². The highest BCUT2D eigenvalue weighted by atomic mass is 79.9. The van der Waals surface area contributed by atoms with Crippen molar-refractivity contribution in [2.75, 3.05) is 37.9 Å². The molecule has 0 saturated carbocycles. The lowest BCUT2D eigenvalue weighted by atomic mass is 9.85. The number of benzene rings is 2. The van der Waals surface area contributed by atoms with Gasteiger partial charge in [0.2, 0.25) is 0 Å². The number of urea groups is 1. The van der Waals surface area contributed by atoms with Crippen LogP contribution in [0.15, 0.2) is 53.9 Å².